The number of halogens is 1. The molecule has 0 radical (unpaired) electrons. The van der Waals surface area contributed by atoms with Crippen molar-refractivity contribution in [1.29, 1.82) is 0 Å². The van der Waals surface area contributed by atoms with Gasteiger partial charge in [-0.05, 0) is 30.4 Å². The molecule has 2 rings (SSSR count). The van der Waals surface area contributed by atoms with E-state index in [1.807, 2.05) is 6.07 Å². The highest BCUT2D eigenvalue weighted by atomic mass is 35.5. The molecule has 4 nitrogen and oxygen atoms in total. The molecule has 17 heavy (non-hydrogen) atoms. The Hall–Kier alpha value is -1.72. The summed E-state index contributed by atoms with van der Waals surface area (Å²) in [6.45, 7) is 0. The van der Waals surface area contributed by atoms with Crippen LogP contribution in [0.2, 0.25) is 5.02 Å². The van der Waals surface area contributed by atoms with E-state index in [9.17, 15) is 4.79 Å². The van der Waals surface area contributed by atoms with E-state index in [1.165, 1.54) is 12.3 Å². The van der Waals surface area contributed by atoms with Crippen molar-refractivity contribution in [2.24, 2.45) is 4.99 Å². The predicted octanol–water partition coefficient (Wildman–Crippen LogP) is 2.84. The topological polar surface area (TPSA) is 61.0 Å². The van der Waals surface area contributed by atoms with Crippen LogP contribution in [0, 0.1) is 4.77 Å². The smallest absolute Gasteiger partial charge is 0.252 e. The first-order valence-electron chi connectivity index (χ1n) is 4.77. The number of aromatic nitrogens is 2. The summed E-state index contributed by atoms with van der Waals surface area (Å²) >= 11 is 10.7. The summed E-state index contributed by atoms with van der Waals surface area (Å²) in [6, 6.07) is 8.48. The maximum Gasteiger partial charge on any atom is 0.252 e. The number of aromatic amines is 2. The summed E-state index contributed by atoms with van der Waals surface area (Å²) in [5, 5.41) is 0.610. The molecular formula is C11H8ClN3OS. The third-order valence-corrected chi connectivity index (χ3v) is 2.38. The van der Waals surface area contributed by atoms with Crippen LogP contribution in [0.3, 0.4) is 0 Å². The molecule has 2 aromatic rings. The number of rotatable bonds is 2. The van der Waals surface area contributed by atoms with Crippen LogP contribution in [0.25, 0.3) is 0 Å². The van der Waals surface area contributed by atoms with Crippen LogP contribution >= 0.6 is 23.8 Å². The summed E-state index contributed by atoms with van der Waals surface area (Å²) < 4.78 is 0.269. The number of hydrogen-bond donors (Lipinski definition) is 2. The summed E-state index contributed by atoms with van der Waals surface area (Å²) in [4.78, 5) is 20.6. The van der Waals surface area contributed by atoms with Crippen molar-refractivity contribution in [2.45, 2.75) is 0 Å². The molecule has 0 amide bonds. The average molecular weight is 266 g/mol. The molecule has 0 saturated carbocycles. The van der Waals surface area contributed by atoms with Crippen LogP contribution in [0.5, 0.6) is 0 Å². The quantitative estimate of drug-likeness (QED) is 0.648. The minimum atomic E-state index is -0.263. The fourth-order valence-corrected chi connectivity index (χ4v) is 1.66. The summed E-state index contributed by atoms with van der Waals surface area (Å²) in [5.74, 6) is 0. The molecule has 0 aliphatic rings. The van der Waals surface area contributed by atoms with Crippen LogP contribution in [0.4, 0.5) is 5.69 Å². The molecule has 0 aliphatic heterocycles. The van der Waals surface area contributed by atoms with E-state index >= 15 is 0 Å². The van der Waals surface area contributed by atoms with Gasteiger partial charge in [-0.15, -0.1) is 0 Å². The number of nitrogens with one attached hydrogen (secondary N) is 2. The number of hydrogen-bond acceptors (Lipinski definition) is 3. The zero-order chi connectivity index (χ0) is 12.3. The SMILES string of the molecule is O=c1cc(C=Nc2cccc(Cl)c2)[nH]c(=S)[nH]1. The second-order valence-electron chi connectivity index (χ2n) is 3.28. The Balaban J connectivity index is 2.32. The number of H-pyrrole nitrogens is 2. The van der Waals surface area contributed by atoms with E-state index in [0.717, 1.165) is 0 Å². The van der Waals surface area contributed by atoms with Crippen LogP contribution < -0.4 is 5.56 Å². The normalized spacial score (nSPS) is 10.9. The molecule has 0 saturated heterocycles. The van der Waals surface area contributed by atoms with Crippen LogP contribution in [0.15, 0.2) is 40.1 Å². The summed E-state index contributed by atoms with van der Waals surface area (Å²) in [5.41, 5.74) is 0.983. The lowest BCUT2D eigenvalue weighted by Gasteiger charge is -1.95. The molecule has 0 atom stereocenters. The van der Waals surface area contributed by atoms with Crippen molar-refractivity contribution in [3.63, 3.8) is 0 Å². The van der Waals surface area contributed by atoms with Crippen molar-refractivity contribution < 1.29 is 0 Å². The van der Waals surface area contributed by atoms with Gasteiger partial charge >= 0.3 is 0 Å². The zero-order valence-corrected chi connectivity index (χ0v) is 10.2. The third kappa shape index (κ3) is 3.37. The van der Waals surface area contributed by atoms with E-state index in [1.54, 1.807) is 18.2 Å². The maximum absolute atomic E-state index is 11.2. The fourth-order valence-electron chi connectivity index (χ4n) is 1.26. The van der Waals surface area contributed by atoms with Crippen LogP contribution in [0.1, 0.15) is 5.69 Å². The molecular weight excluding hydrogens is 258 g/mol. The van der Waals surface area contributed by atoms with E-state index in [0.29, 0.717) is 16.4 Å². The van der Waals surface area contributed by atoms with Gasteiger partial charge in [-0.3, -0.25) is 14.8 Å². The second-order valence-corrected chi connectivity index (χ2v) is 4.13. The van der Waals surface area contributed by atoms with Crippen molar-refractivity contribution in [2.75, 3.05) is 0 Å². The first kappa shape index (κ1) is 11.8. The summed E-state index contributed by atoms with van der Waals surface area (Å²) in [7, 11) is 0. The van der Waals surface area contributed by atoms with E-state index in [4.69, 9.17) is 23.8 Å². The lowest BCUT2D eigenvalue weighted by Crippen LogP contribution is -2.07. The minimum Gasteiger partial charge on any atom is -0.331 e. The van der Waals surface area contributed by atoms with Gasteiger partial charge < -0.3 is 4.98 Å². The minimum absolute atomic E-state index is 0.263. The first-order valence-corrected chi connectivity index (χ1v) is 5.55. The highest BCUT2D eigenvalue weighted by molar-refractivity contribution is 7.71. The van der Waals surface area contributed by atoms with Gasteiger partial charge in [0.1, 0.15) is 0 Å². The fraction of sp³-hybridized carbons (Fsp3) is 0. The zero-order valence-electron chi connectivity index (χ0n) is 8.61. The first-order chi connectivity index (χ1) is 8.13. The molecule has 2 N–H and O–H groups in total. The average Bonchev–Trinajstić information content (AvgIpc) is 2.25. The van der Waals surface area contributed by atoms with Gasteiger partial charge in [-0.25, -0.2) is 0 Å². The maximum atomic E-state index is 11.2. The predicted molar refractivity (Wildman–Crippen MR) is 71.0 cm³/mol. The highest BCUT2D eigenvalue weighted by Crippen LogP contribution is 2.17. The van der Waals surface area contributed by atoms with Gasteiger partial charge in [-0.1, -0.05) is 17.7 Å². The van der Waals surface area contributed by atoms with Crippen LogP contribution in [-0.2, 0) is 0 Å². The monoisotopic (exact) mass is 265 g/mol. The van der Waals surface area contributed by atoms with Crippen molar-refractivity contribution in [3.8, 4) is 0 Å². The summed E-state index contributed by atoms with van der Waals surface area (Å²) in [6.07, 6.45) is 1.52. The van der Waals surface area contributed by atoms with Gasteiger partial charge in [-0.2, -0.15) is 0 Å². The lowest BCUT2D eigenvalue weighted by atomic mass is 10.3. The Bertz CT molecular complexity index is 646. The van der Waals surface area contributed by atoms with Gasteiger partial charge in [0, 0.05) is 11.1 Å². The van der Waals surface area contributed by atoms with E-state index in [-0.39, 0.29) is 10.3 Å². The van der Waals surface area contributed by atoms with E-state index in [2.05, 4.69) is 15.0 Å². The van der Waals surface area contributed by atoms with Gasteiger partial charge in [0.15, 0.2) is 4.77 Å². The Labute approximate surface area is 107 Å². The van der Waals surface area contributed by atoms with E-state index < -0.39 is 0 Å². The lowest BCUT2D eigenvalue weighted by molar-refractivity contribution is 1.08. The Morgan fingerprint density at radius 3 is 2.82 bits per heavy atom. The molecule has 0 aliphatic carbocycles. The number of aliphatic imine (C=N–C) groups is 1. The second kappa shape index (κ2) is 5.07. The molecule has 0 spiro atoms. The Morgan fingerprint density at radius 1 is 1.29 bits per heavy atom. The molecule has 1 aromatic heterocycles. The number of benzene rings is 1. The van der Waals surface area contributed by atoms with Gasteiger partial charge in [0.05, 0.1) is 17.6 Å². The van der Waals surface area contributed by atoms with Crippen LogP contribution in [-0.4, -0.2) is 16.2 Å². The molecule has 1 aromatic carbocycles. The standard InChI is InChI=1S/C11H8ClN3OS/c12-7-2-1-3-8(4-7)13-6-9-5-10(16)15-11(17)14-9/h1-6H,(H2,14,15,16,17). The molecule has 0 unspecified atom stereocenters. The molecule has 1 heterocycles. The molecule has 0 fully saturated rings. The van der Waals surface area contributed by atoms with Gasteiger partial charge in [0.2, 0.25) is 0 Å². The van der Waals surface area contributed by atoms with Crippen molar-refractivity contribution in [1.82, 2.24) is 9.97 Å². The Kier molecular flexibility index (Phi) is 3.51. The molecule has 6 heteroatoms. The molecule has 0 bridgehead atoms. The van der Waals surface area contributed by atoms with Crippen molar-refractivity contribution >= 4 is 35.7 Å². The highest BCUT2D eigenvalue weighted by Gasteiger charge is 1.92. The Morgan fingerprint density at radius 2 is 2.12 bits per heavy atom. The largest absolute Gasteiger partial charge is 0.331 e. The van der Waals surface area contributed by atoms with Crippen molar-refractivity contribution in [3.05, 3.63) is 56.2 Å². The molecule has 86 valence electrons. The van der Waals surface area contributed by atoms with Gasteiger partial charge in [0.25, 0.3) is 5.56 Å². The number of nitrogens with zero attached hydrogens (tertiary/aromatic N) is 1. The third-order valence-electron chi connectivity index (χ3n) is 1.94.